The molecule has 182 valence electrons. The van der Waals surface area contributed by atoms with Gasteiger partial charge in [-0.1, -0.05) is 48.0 Å². The van der Waals surface area contributed by atoms with Crippen LogP contribution in [0.4, 0.5) is 11.4 Å². The van der Waals surface area contributed by atoms with Crippen LogP contribution in [0.15, 0.2) is 77.7 Å². The molecule has 1 unspecified atom stereocenters. The topological polar surface area (TPSA) is 145 Å². The van der Waals surface area contributed by atoms with Gasteiger partial charge in [0.1, 0.15) is 0 Å². The van der Waals surface area contributed by atoms with Crippen molar-refractivity contribution in [2.24, 2.45) is 0 Å². The average Bonchev–Trinajstić information content (AvgIpc) is 2.84. The first-order valence-corrected chi connectivity index (χ1v) is 12.0. The second-order valence-corrected chi connectivity index (χ2v) is 9.47. The zero-order valence-corrected chi connectivity index (χ0v) is 19.9. The Hall–Kier alpha value is -3.80. The summed E-state index contributed by atoms with van der Waals surface area (Å²) in [4.78, 5) is 35.1. The fraction of sp³-hybridized carbons (Fsp3) is 0.130. The first-order valence-electron chi connectivity index (χ1n) is 10.2. The van der Waals surface area contributed by atoms with E-state index in [-0.39, 0.29) is 33.4 Å². The summed E-state index contributed by atoms with van der Waals surface area (Å²) < 4.78 is 32.9. The summed E-state index contributed by atoms with van der Waals surface area (Å²) in [7, 11) is -3.92. The Morgan fingerprint density at radius 2 is 1.77 bits per heavy atom. The van der Waals surface area contributed by atoms with E-state index >= 15 is 0 Å². The van der Waals surface area contributed by atoms with Crippen LogP contribution in [0.2, 0.25) is 5.02 Å². The number of nitro groups is 1. The highest BCUT2D eigenvalue weighted by atomic mass is 35.5. The molecule has 10 nitrogen and oxygen atoms in total. The van der Waals surface area contributed by atoms with E-state index in [2.05, 4.69) is 10.0 Å². The largest absolute Gasteiger partial charge is 0.449 e. The van der Waals surface area contributed by atoms with Gasteiger partial charge in [-0.3, -0.25) is 14.9 Å². The third-order valence-electron chi connectivity index (χ3n) is 4.76. The molecule has 0 aliphatic carbocycles. The molecule has 12 heteroatoms. The Morgan fingerprint density at radius 1 is 1.06 bits per heavy atom. The molecule has 2 N–H and O–H groups in total. The van der Waals surface area contributed by atoms with Gasteiger partial charge in [0.15, 0.2) is 6.10 Å². The SMILES string of the molecule is CC(OC(=O)c1cccc(S(=O)(=O)NCc2ccccc2)c1)C(=O)Nc1cc([N+](=O)[O-])ccc1Cl. The van der Waals surface area contributed by atoms with Crippen LogP contribution in [0.5, 0.6) is 0 Å². The van der Waals surface area contributed by atoms with Crippen molar-refractivity contribution in [3.8, 4) is 0 Å². The van der Waals surface area contributed by atoms with Crippen molar-refractivity contribution in [3.63, 3.8) is 0 Å². The molecule has 0 spiro atoms. The molecular weight excluding hydrogens is 498 g/mol. The maximum Gasteiger partial charge on any atom is 0.338 e. The molecule has 0 aromatic heterocycles. The van der Waals surface area contributed by atoms with Crippen LogP contribution in [0, 0.1) is 10.1 Å². The van der Waals surface area contributed by atoms with E-state index in [4.69, 9.17) is 16.3 Å². The molecule has 0 saturated heterocycles. The van der Waals surface area contributed by atoms with Gasteiger partial charge in [-0.2, -0.15) is 0 Å². The molecule has 0 fully saturated rings. The first kappa shape index (κ1) is 25.8. The zero-order chi connectivity index (χ0) is 25.6. The number of ether oxygens (including phenoxy) is 1. The van der Waals surface area contributed by atoms with Gasteiger partial charge in [0.05, 0.1) is 26.1 Å². The average molecular weight is 518 g/mol. The normalized spacial score (nSPS) is 11.9. The van der Waals surface area contributed by atoms with Crippen molar-refractivity contribution in [2.45, 2.75) is 24.5 Å². The van der Waals surface area contributed by atoms with Crippen molar-refractivity contribution >= 4 is 44.9 Å². The van der Waals surface area contributed by atoms with E-state index in [9.17, 15) is 28.1 Å². The molecule has 35 heavy (non-hydrogen) atoms. The van der Waals surface area contributed by atoms with E-state index in [0.29, 0.717) is 0 Å². The Morgan fingerprint density at radius 3 is 2.46 bits per heavy atom. The quantitative estimate of drug-likeness (QED) is 0.248. The number of carbonyl (C=O) groups excluding carboxylic acids is 2. The molecule has 1 atom stereocenters. The van der Waals surface area contributed by atoms with Crippen molar-refractivity contribution in [3.05, 3.63) is 99.1 Å². The Balaban J connectivity index is 1.66. The molecule has 1 amide bonds. The highest BCUT2D eigenvalue weighted by Crippen LogP contribution is 2.27. The van der Waals surface area contributed by atoms with Crippen LogP contribution in [0.3, 0.4) is 0 Å². The van der Waals surface area contributed by atoms with Crippen molar-refractivity contribution in [2.75, 3.05) is 5.32 Å². The Kier molecular flexibility index (Phi) is 8.18. The van der Waals surface area contributed by atoms with Gasteiger partial charge in [-0.15, -0.1) is 0 Å². The first-order chi connectivity index (χ1) is 16.6. The summed E-state index contributed by atoms with van der Waals surface area (Å²) >= 11 is 5.97. The lowest BCUT2D eigenvalue weighted by atomic mass is 10.2. The monoisotopic (exact) mass is 517 g/mol. The number of rotatable bonds is 9. The molecule has 3 rings (SSSR count). The highest BCUT2D eigenvalue weighted by molar-refractivity contribution is 7.89. The van der Waals surface area contributed by atoms with E-state index in [1.165, 1.54) is 37.3 Å². The maximum atomic E-state index is 12.6. The van der Waals surface area contributed by atoms with Gasteiger partial charge < -0.3 is 10.1 Å². The highest BCUT2D eigenvalue weighted by Gasteiger charge is 2.22. The summed E-state index contributed by atoms with van der Waals surface area (Å²) in [5, 5.41) is 13.4. The van der Waals surface area contributed by atoms with Crippen LogP contribution in [-0.4, -0.2) is 31.3 Å². The van der Waals surface area contributed by atoms with Gasteiger partial charge in [0.2, 0.25) is 10.0 Å². The smallest absolute Gasteiger partial charge is 0.338 e. The number of halogens is 1. The summed E-state index contributed by atoms with van der Waals surface area (Å²) in [6, 6.07) is 17.6. The fourth-order valence-corrected chi connectivity index (χ4v) is 4.11. The van der Waals surface area contributed by atoms with Crippen LogP contribution in [0.1, 0.15) is 22.8 Å². The predicted molar refractivity (Wildman–Crippen MR) is 129 cm³/mol. The number of amides is 1. The van der Waals surface area contributed by atoms with Crippen molar-refractivity contribution in [1.82, 2.24) is 4.72 Å². The molecule has 0 aliphatic rings. The summed E-state index contributed by atoms with van der Waals surface area (Å²) in [5.74, 6) is -1.72. The number of hydrogen-bond donors (Lipinski definition) is 2. The number of hydrogen-bond acceptors (Lipinski definition) is 7. The molecular formula is C23H20ClN3O7S. The van der Waals surface area contributed by atoms with E-state index in [0.717, 1.165) is 17.7 Å². The van der Waals surface area contributed by atoms with Crippen LogP contribution in [-0.2, 0) is 26.1 Å². The van der Waals surface area contributed by atoms with Gasteiger partial charge in [0.25, 0.3) is 11.6 Å². The number of anilines is 1. The minimum Gasteiger partial charge on any atom is -0.449 e. The predicted octanol–water partition coefficient (Wildman–Crippen LogP) is 3.91. The van der Waals surface area contributed by atoms with E-state index in [1.807, 2.05) is 6.07 Å². The molecule has 3 aromatic rings. The molecule has 0 saturated carbocycles. The van der Waals surface area contributed by atoms with Gasteiger partial charge >= 0.3 is 5.97 Å². The van der Waals surface area contributed by atoms with E-state index in [1.54, 1.807) is 24.3 Å². The Bertz CT molecular complexity index is 1360. The van der Waals surface area contributed by atoms with Gasteiger partial charge in [-0.25, -0.2) is 17.9 Å². The lowest BCUT2D eigenvalue weighted by Gasteiger charge is -2.14. The second-order valence-electron chi connectivity index (χ2n) is 7.30. The maximum absolute atomic E-state index is 12.6. The summed E-state index contributed by atoms with van der Waals surface area (Å²) in [6.07, 6.45) is -1.31. The number of esters is 1. The molecule has 0 radical (unpaired) electrons. The molecule has 3 aromatic carbocycles. The zero-order valence-electron chi connectivity index (χ0n) is 18.3. The number of nitrogens with one attached hydrogen (secondary N) is 2. The molecule has 0 heterocycles. The van der Waals surface area contributed by atoms with Crippen LogP contribution in [0.25, 0.3) is 0 Å². The second kappa shape index (κ2) is 11.1. The third-order valence-corrected chi connectivity index (χ3v) is 6.49. The third kappa shape index (κ3) is 6.85. The fourth-order valence-electron chi connectivity index (χ4n) is 2.89. The number of benzene rings is 3. The Labute approximate surface area is 206 Å². The summed E-state index contributed by atoms with van der Waals surface area (Å²) in [5.41, 5.74) is 0.371. The van der Waals surface area contributed by atoms with Crippen LogP contribution >= 0.6 is 11.6 Å². The number of carbonyl (C=O) groups is 2. The minimum absolute atomic E-state index is 0.0219. The van der Waals surface area contributed by atoms with Gasteiger partial charge in [0, 0.05) is 18.7 Å². The number of nitrogens with zero attached hydrogens (tertiary/aromatic N) is 1. The minimum atomic E-state index is -3.92. The lowest BCUT2D eigenvalue weighted by Crippen LogP contribution is -2.30. The van der Waals surface area contributed by atoms with E-state index < -0.39 is 32.9 Å². The van der Waals surface area contributed by atoms with Crippen molar-refractivity contribution < 1.29 is 27.7 Å². The number of nitro benzene ring substituents is 1. The number of non-ortho nitro benzene ring substituents is 1. The number of sulfonamides is 1. The molecule has 0 bridgehead atoms. The van der Waals surface area contributed by atoms with Gasteiger partial charge in [-0.05, 0) is 36.8 Å². The standard InChI is InChI=1S/C23H20ClN3O7S/c1-15(22(28)26-21-13-18(27(30)31)10-11-20(21)24)34-23(29)17-8-5-9-19(12-17)35(32,33)25-14-16-6-3-2-4-7-16/h2-13,15,25H,14H2,1H3,(H,26,28). The lowest BCUT2D eigenvalue weighted by molar-refractivity contribution is -0.384. The van der Waals surface area contributed by atoms with Crippen molar-refractivity contribution in [1.29, 1.82) is 0 Å². The van der Waals surface area contributed by atoms with Crippen LogP contribution < -0.4 is 10.0 Å². The summed E-state index contributed by atoms with van der Waals surface area (Å²) in [6.45, 7) is 1.36. The molecule has 0 aliphatic heterocycles.